The molecule has 0 aromatic carbocycles. The number of allylic oxidation sites excluding steroid dienone is 2. The van der Waals surface area contributed by atoms with Crippen LogP contribution in [0.2, 0.25) is 0 Å². The van der Waals surface area contributed by atoms with Gasteiger partial charge in [-0.1, -0.05) is 60.1 Å². The molecule has 1 rings (SSSR count). The van der Waals surface area contributed by atoms with Crippen LogP contribution < -0.4 is 0 Å². The van der Waals surface area contributed by atoms with Crippen LogP contribution in [0, 0.1) is 0 Å². The molecule has 0 spiro atoms. The van der Waals surface area contributed by atoms with Crippen LogP contribution in [-0.2, 0) is 0 Å². The molecule has 0 atom stereocenters. The van der Waals surface area contributed by atoms with Crippen LogP contribution in [0.5, 0.6) is 0 Å². The largest absolute Gasteiger partial charge is 0.0853 e. The minimum absolute atomic E-state index is 0. The Bertz CT molecular complexity index is 101. The standard InChI is InChI=1S/C9H16.2C2H6.CH4/c1-2-6-9-7-4-3-5-8-9;2*1-2;/h7H,2-6,8H2,1H3;2*1-2H3;1H4. The van der Waals surface area contributed by atoms with Crippen LogP contribution >= 0.6 is 0 Å². The lowest BCUT2D eigenvalue weighted by molar-refractivity contribution is 0.670. The molecule has 1 aliphatic rings. The molecular formula is C14H32. The summed E-state index contributed by atoms with van der Waals surface area (Å²) in [5.41, 5.74) is 1.71. The average Bonchev–Trinajstić information content (AvgIpc) is 2.26. The second kappa shape index (κ2) is 18.5. The second-order valence-electron chi connectivity index (χ2n) is 2.86. The van der Waals surface area contributed by atoms with Gasteiger partial charge in [-0.25, -0.2) is 0 Å². The lowest BCUT2D eigenvalue weighted by Gasteiger charge is -2.10. The van der Waals surface area contributed by atoms with Gasteiger partial charge >= 0.3 is 0 Å². The molecule has 0 bridgehead atoms. The zero-order valence-corrected chi connectivity index (χ0v) is 10.3. The van der Waals surface area contributed by atoms with Gasteiger partial charge in [0.15, 0.2) is 0 Å². The molecule has 0 amide bonds. The minimum Gasteiger partial charge on any atom is -0.0853 e. The Morgan fingerprint density at radius 1 is 1.07 bits per heavy atom. The van der Waals surface area contributed by atoms with Crippen LogP contribution in [0.1, 0.15) is 80.6 Å². The maximum Gasteiger partial charge on any atom is -0.0320 e. The third kappa shape index (κ3) is 11.7. The second-order valence-corrected chi connectivity index (χ2v) is 2.86. The molecule has 0 fully saturated rings. The van der Waals surface area contributed by atoms with Crippen molar-refractivity contribution in [2.75, 3.05) is 0 Å². The average molecular weight is 200 g/mol. The quantitative estimate of drug-likeness (QED) is 0.481. The Morgan fingerprint density at radius 3 is 2.00 bits per heavy atom. The van der Waals surface area contributed by atoms with E-state index in [0.717, 1.165) is 0 Å². The van der Waals surface area contributed by atoms with E-state index >= 15 is 0 Å². The molecule has 14 heavy (non-hydrogen) atoms. The molecule has 0 aliphatic heterocycles. The van der Waals surface area contributed by atoms with E-state index < -0.39 is 0 Å². The van der Waals surface area contributed by atoms with Crippen LogP contribution in [0.3, 0.4) is 0 Å². The fourth-order valence-electron chi connectivity index (χ4n) is 1.45. The van der Waals surface area contributed by atoms with E-state index in [2.05, 4.69) is 13.0 Å². The molecule has 0 saturated heterocycles. The Hall–Kier alpha value is -0.260. The van der Waals surface area contributed by atoms with Crippen LogP contribution in [0.15, 0.2) is 11.6 Å². The molecule has 88 valence electrons. The molecule has 1 aliphatic carbocycles. The summed E-state index contributed by atoms with van der Waals surface area (Å²) in [6.07, 6.45) is 10.7. The zero-order valence-electron chi connectivity index (χ0n) is 10.3. The van der Waals surface area contributed by atoms with Gasteiger partial charge in [-0.05, 0) is 32.1 Å². The molecule has 0 heteroatoms. The van der Waals surface area contributed by atoms with Gasteiger partial charge in [0.2, 0.25) is 0 Å². The van der Waals surface area contributed by atoms with E-state index in [0.29, 0.717) is 0 Å². The van der Waals surface area contributed by atoms with E-state index in [1.54, 1.807) is 5.57 Å². The number of rotatable bonds is 2. The van der Waals surface area contributed by atoms with Gasteiger partial charge in [0.1, 0.15) is 0 Å². The van der Waals surface area contributed by atoms with Crippen molar-refractivity contribution in [1.29, 1.82) is 0 Å². The third-order valence-electron chi connectivity index (χ3n) is 1.96. The normalized spacial score (nSPS) is 13.4. The topological polar surface area (TPSA) is 0 Å². The van der Waals surface area contributed by atoms with E-state index in [4.69, 9.17) is 0 Å². The van der Waals surface area contributed by atoms with Gasteiger partial charge < -0.3 is 0 Å². The summed E-state index contributed by atoms with van der Waals surface area (Å²) >= 11 is 0. The van der Waals surface area contributed by atoms with Crippen molar-refractivity contribution in [3.8, 4) is 0 Å². The number of hydrogen-bond donors (Lipinski definition) is 0. The first-order valence-electron chi connectivity index (χ1n) is 6.11. The lowest BCUT2D eigenvalue weighted by Crippen LogP contribution is -1.90. The summed E-state index contributed by atoms with van der Waals surface area (Å²) < 4.78 is 0. The van der Waals surface area contributed by atoms with Gasteiger partial charge in [-0.3, -0.25) is 0 Å². The van der Waals surface area contributed by atoms with Crippen molar-refractivity contribution >= 4 is 0 Å². The van der Waals surface area contributed by atoms with Crippen molar-refractivity contribution in [3.05, 3.63) is 11.6 Å². The molecule has 0 heterocycles. The highest BCUT2D eigenvalue weighted by Crippen LogP contribution is 2.20. The summed E-state index contributed by atoms with van der Waals surface area (Å²) in [4.78, 5) is 0. The highest BCUT2D eigenvalue weighted by molar-refractivity contribution is 5.04. The fraction of sp³-hybridized carbons (Fsp3) is 0.857. The number of hydrogen-bond acceptors (Lipinski definition) is 0. The van der Waals surface area contributed by atoms with Gasteiger partial charge in [-0.2, -0.15) is 0 Å². The predicted molar refractivity (Wildman–Crippen MR) is 70.9 cm³/mol. The van der Waals surface area contributed by atoms with E-state index in [1.807, 2.05) is 27.7 Å². The van der Waals surface area contributed by atoms with Gasteiger partial charge in [0, 0.05) is 0 Å². The lowest BCUT2D eigenvalue weighted by atomic mass is 9.96. The zero-order chi connectivity index (χ0) is 10.5. The Morgan fingerprint density at radius 2 is 1.64 bits per heavy atom. The van der Waals surface area contributed by atoms with Gasteiger partial charge in [-0.15, -0.1) is 0 Å². The Kier molecular flexibility index (Phi) is 25.6. The summed E-state index contributed by atoms with van der Waals surface area (Å²) in [5.74, 6) is 0. The SMILES string of the molecule is C.CC.CC.CCCC1=CCCCC1. The van der Waals surface area contributed by atoms with Crippen molar-refractivity contribution in [2.24, 2.45) is 0 Å². The molecule has 0 N–H and O–H groups in total. The smallest absolute Gasteiger partial charge is 0.0320 e. The summed E-state index contributed by atoms with van der Waals surface area (Å²) in [6.45, 7) is 10.3. The van der Waals surface area contributed by atoms with Crippen LogP contribution in [0.4, 0.5) is 0 Å². The molecule has 0 saturated carbocycles. The monoisotopic (exact) mass is 200 g/mol. The third-order valence-corrected chi connectivity index (χ3v) is 1.96. The first-order chi connectivity index (χ1) is 6.43. The molecule has 0 radical (unpaired) electrons. The maximum atomic E-state index is 2.44. The Balaban J connectivity index is -0.000000216. The highest BCUT2D eigenvalue weighted by atomic mass is 14.1. The maximum absolute atomic E-state index is 2.44. The van der Waals surface area contributed by atoms with Crippen LogP contribution in [-0.4, -0.2) is 0 Å². The summed E-state index contributed by atoms with van der Waals surface area (Å²) in [6, 6.07) is 0. The predicted octanol–water partition coefficient (Wildman–Crippen LogP) is 5.98. The Labute approximate surface area is 92.8 Å². The molecule has 0 nitrogen and oxygen atoms in total. The van der Waals surface area contributed by atoms with E-state index in [9.17, 15) is 0 Å². The first-order valence-corrected chi connectivity index (χ1v) is 6.11. The molecular weight excluding hydrogens is 168 g/mol. The van der Waals surface area contributed by atoms with Crippen molar-refractivity contribution in [3.63, 3.8) is 0 Å². The fourth-order valence-corrected chi connectivity index (χ4v) is 1.45. The molecule has 0 aromatic rings. The van der Waals surface area contributed by atoms with Gasteiger partial charge in [0.05, 0.1) is 0 Å². The van der Waals surface area contributed by atoms with E-state index in [-0.39, 0.29) is 7.43 Å². The highest BCUT2D eigenvalue weighted by Gasteiger charge is 2.00. The minimum atomic E-state index is 0. The molecule has 0 unspecified atom stereocenters. The molecule has 0 aromatic heterocycles. The summed E-state index contributed by atoms with van der Waals surface area (Å²) in [5, 5.41) is 0. The van der Waals surface area contributed by atoms with Gasteiger partial charge in [0.25, 0.3) is 0 Å². The van der Waals surface area contributed by atoms with Crippen LogP contribution in [0.25, 0.3) is 0 Å². The van der Waals surface area contributed by atoms with E-state index in [1.165, 1.54) is 38.5 Å². The van der Waals surface area contributed by atoms with Crippen molar-refractivity contribution in [1.82, 2.24) is 0 Å². The van der Waals surface area contributed by atoms with Crippen molar-refractivity contribution in [2.45, 2.75) is 80.6 Å². The first kappa shape index (κ1) is 19.3. The summed E-state index contributed by atoms with van der Waals surface area (Å²) in [7, 11) is 0. The van der Waals surface area contributed by atoms with Crippen molar-refractivity contribution < 1.29 is 0 Å².